The van der Waals surface area contributed by atoms with Gasteiger partial charge in [0.15, 0.2) is 0 Å². The molecule has 0 saturated carbocycles. The fourth-order valence-electron chi connectivity index (χ4n) is 3.55. The topological polar surface area (TPSA) is 96.5 Å². The summed E-state index contributed by atoms with van der Waals surface area (Å²) in [5.74, 6) is -0.166. The van der Waals surface area contributed by atoms with Crippen molar-refractivity contribution in [2.45, 2.75) is 43.5 Å². The quantitative estimate of drug-likeness (QED) is 0.418. The van der Waals surface area contributed by atoms with Crippen LogP contribution in [0.25, 0.3) is 0 Å². The third-order valence-corrected chi connectivity index (χ3v) is 7.34. The van der Waals surface area contributed by atoms with Gasteiger partial charge in [-0.05, 0) is 30.7 Å². The molecule has 9 nitrogen and oxygen atoms in total. The molecule has 0 N–H and O–H groups in total. The van der Waals surface area contributed by atoms with Crippen molar-refractivity contribution in [1.82, 2.24) is 14.1 Å². The number of hydrogen-bond donors (Lipinski definition) is 0. The zero-order chi connectivity index (χ0) is 23.0. The Morgan fingerprint density at radius 1 is 1.10 bits per heavy atom. The van der Waals surface area contributed by atoms with Crippen molar-refractivity contribution < 1.29 is 27.5 Å². The highest BCUT2D eigenvalue weighted by Gasteiger charge is 2.42. The van der Waals surface area contributed by atoms with Gasteiger partial charge in [0.2, 0.25) is 10.0 Å². The number of nitrogens with zero attached hydrogens (tertiary/aromatic N) is 3. The van der Waals surface area contributed by atoms with Crippen LogP contribution in [0.5, 0.6) is 5.75 Å². The molecule has 1 unspecified atom stereocenters. The highest BCUT2D eigenvalue weighted by molar-refractivity contribution is 7.89. The molecule has 1 fully saturated rings. The lowest BCUT2D eigenvalue weighted by molar-refractivity contribution is -0.146. The number of methoxy groups -OCH3 is 2. The van der Waals surface area contributed by atoms with E-state index in [1.165, 1.54) is 31.3 Å². The SMILES string of the molecule is CCCCCCN(C)C(=O)N1CCN(S(=O)(=O)c2ccc(OC)cc2)C(C(=O)OC)C1. The lowest BCUT2D eigenvalue weighted by Gasteiger charge is -2.40. The Morgan fingerprint density at radius 2 is 1.77 bits per heavy atom. The third kappa shape index (κ3) is 6.10. The second-order valence-corrected chi connectivity index (χ2v) is 9.43. The monoisotopic (exact) mass is 455 g/mol. The summed E-state index contributed by atoms with van der Waals surface area (Å²) in [6.07, 6.45) is 4.19. The number of benzene rings is 1. The molecule has 1 heterocycles. The molecule has 2 rings (SSSR count). The van der Waals surface area contributed by atoms with E-state index in [0.29, 0.717) is 12.3 Å². The average Bonchev–Trinajstić information content (AvgIpc) is 2.80. The molecule has 1 saturated heterocycles. The lowest BCUT2D eigenvalue weighted by Crippen LogP contribution is -2.61. The molecule has 2 amide bonds. The van der Waals surface area contributed by atoms with Crippen LogP contribution >= 0.6 is 0 Å². The van der Waals surface area contributed by atoms with Crippen LogP contribution in [0.1, 0.15) is 32.6 Å². The number of ether oxygens (including phenoxy) is 2. The van der Waals surface area contributed by atoms with Crippen molar-refractivity contribution in [2.24, 2.45) is 0 Å². The van der Waals surface area contributed by atoms with Crippen molar-refractivity contribution in [3.05, 3.63) is 24.3 Å². The number of urea groups is 1. The number of carbonyl (C=O) groups is 2. The summed E-state index contributed by atoms with van der Waals surface area (Å²) in [4.78, 5) is 28.5. The normalized spacial score (nSPS) is 17.3. The Labute approximate surface area is 184 Å². The molecular weight excluding hydrogens is 422 g/mol. The molecule has 0 bridgehead atoms. The van der Waals surface area contributed by atoms with E-state index in [9.17, 15) is 18.0 Å². The fourth-order valence-corrected chi connectivity index (χ4v) is 5.11. The molecule has 1 aromatic carbocycles. The summed E-state index contributed by atoms with van der Waals surface area (Å²) in [6.45, 7) is 2.89. The van der Waals surface area contributed by atoms with Crippen LogP contribution in [-0.2, 0) is 19.6 Å². The van der Waals surface area contributed by atoms with E-state index in [1.54, 1.807) is 24.1 Å². The largest absolute Gasteiger partial charge is 0.497 e. The Bertz CT molecular complexity index is 843. The van der Waals surface area contributed by atoms with Gasteiger partial charge < -0.3 is 19.3 Å². The van der Waals surface area contributed by atoms with Gasteiger partial charge in [0.25, 0.3) is 0 Å². The van der Waals surface area contributed by atoms with Crippen molar-refractivity contribution >= 4 is 22.0 Å². The number of unbranched alkanes of at least 4 members (excludes halogenated alkanes) is 3. The molecule has 0 spiro atoms. The lowest BCUT2D eigenvalue weighted by atomic mass is 10.2. The Hall–Kier alpha value is -2.33. The third-order valence-electron chi connectivity index (χ3n) is 5.41. The van der Waals surface area contributed by atoms with E-state index in [-0.39, 0.29) is 30.6 Å². The van der Waals surface area contributed by atoms with Gasteiger partial charge in [0, 0.05) is 33.2 Å². The predicted molar refractivity (Wildman–Crippen MR) is 116 cm³/mol. The standard InChI is InChI=1S/C21H33N3O6S/c1-5-6-7-8-13-22(2)21(26)23-14-15-24(19(16-23)20(25)30-4)31(27,28)18-11-9-17(29-3)10-12-18/h9-12,19H,5-8,13-16H2,1-4H3. The van der Waals surface area contributed by atoms with Gasteiger partial charge in [-0.15, -0.1) is 0 Å². The van der Waals surface area contributed by atoms with Gasteiger partial charge in [-0.1, -0.05) is 26.2 Å². The highest BCUT2D eigenvalue weighted by Crippen LogP contribution is 2.24. The van der Waals surface area contributed by atoms with Crippen molar-refractivity contribution in [3.8, 4) is 5.75 Å². The molecule has 1 aromatic rings. The number of amides is 2. The van der Waals surface area contributed by atoms with E-state index >= 15 is 0 Å². The van der Waals surface area contributed by atoms with E-state index in [0.717, 1.165) is 30.0 Å². The van der Waals surface area contributed by atoms with Gasteiger partial charge >= 0.3 is 12.0 Å². The van der Waals surface area contributed by atoms with Gasteiger partial charge in [-0.3, -0.25) is 4.79 Å². The molecule has 174 valence electrons. The van der Waals surface area contributed by atoms with E-state index in [1.807, 2.05) is 0 Å². The number of piperazine rings is 1. The summed E-state index contributed by atoms with van der Waals surface area (Å²) in [5.41, 5.74) is 0. The van der Waals surface area contributed by atoms with E-state index in [4.69, 9.17) is 9.47 Å². The Balaban J connectivity index is 2.15. The smallest absolute Gasteiger partial charge is 0.326 e. The summed E-state index contributed by atoms with van der Waals surface area (Å²) < 4.78 is 37.4. The first-order valence-electron chi connectivity index (χ1n) is 10.5. The van der Waals surface area contributed by atoms with Gasteiger partial charge in [-0.25, -0.2) is 13.2 Å². The predicted octanol–water partition coefficient (Wildman–Crippen LogP) is 2.18. The average molecular weight is 456 g/mol. The minimum Gasteiger partial charge on any atom is -0.497 e. The van der Waals surface area contributed by atoms with Crippen LogP contribution in [0, 0.1) is 0 Å². The molecule has 1 aliphatic rings. The number of sulfonamides is 1. The molecule has 1 aliphatic heterocycles. The summed E-state index contributed by atoms with van der Waals surface area (Å²) in [5, 5.41) is 0. The van der Waals surface area contributed by atoms with E-state index in [2.05, 4.69) is 6.92 Å². The van der Waals surface area contributed by atoms with Crippen molar-refractivity contribution in [1.29, 1.82) is 0 Å². The van der Waals surface area contributed by atoms with Crippen LogP contribution in [0.4, 0.5) is 4.79 Å². The molecule has 0 aliphatic carbocycles. The fraction of sp³-hybridized carbons (Fsp3) is 0.619. The van der Waals surface area contributed by atoms with Crippen LogP contribution in [0.2, 0.25) is 0 Å². The Kier molecular flexibility index (Phi) is 9.12. The van der Waals surface area contributed by atoms with Crippen LogP contribution in [-0.4, -0.2) is 88.0 Å². The minimum atomic E-state index is -3.96. The number of hydrogen-bond acceptors (Lipinski definition) is 6. The maximum absolute atomic E-state index is 13.2. The first-order valence-corrected chi connectivity index (χ1v) is 11.9. The molecular formula is C21H33N3O6S. The minimum absolute atomic E-state index is 0.00352. The number of rotatable bonds is 9. The zero-order valence-electron chi connectivity index (χ0n) is 18.7. The van der Waals surface area contributed by atoms with Gasteiger partial charge in [-0.2, -0.15) is 4.31 Å². The van der Waals surface area contributed by atoms with Crippen molar-refractivity contribution in [3.63, 3.8) is 0 Å². The molecule has 0 aromatic heterocycles. The molecule has 31 heavy (non-hydrogen) atoms. The van der Waals surface area contributed by atoms with Gasteiger partial charge in [0.05, 0.1) is 19.1 Å². The summed E-state index contributed by atoms with van der Waals surface area (Å²) in [6, 6.07) is 4.64. The first-order chi connectivity index (χ1) is 14.8. The van der Waals surface area contributed by atoms with Crippen molar-refractivity contribution in [2.75, 3.05) is 47.4 Å². The zero-order valence-corrected chi connectivity index (χ0v) is 19.6. The highest BCUT2D eigenvalue weighted by atomic mass is 32.2. The van der Waals surface area contributed by atoms with Gasteiger partial charge in [0.1, 0.15) is 11.8 Å². The van der Waals surface area contributed by atoms with Crippen LogP contribution in [0.15, 0.2) is 29.2 Å². The second-order valence-electron chi connectivity index (χ2n) is 7.54. The molecule has 1 atom stereocenters. The maximum Gasteiger partial charge on any atom is 0.326 e. The van der Waals surface area contributed by atoms with E-state index < -0.39 is 22.0 Å². The summed E-state index contributed by atoms with van der Waals surface area (Å²) >= 11 is 0. The molecule has 0 radical (unpaired) electrons. The second kappa shape index (κ2) is 11.3. The molecule has 10 heteroatoms. The Morgan fingerprint density at radius 3 is 2.35 bits per heavy atom. The number of esters is 1. The summed E-state index contributed by atoms with van der Waals surface area (Å²) in [7, 11) is 0.472. The number of carbonyl (C=O) groups excluding carboxylic acids is 2. The maximum atomic E-state index is 13.2. The van der Waals surface area contributed by atoms with Crippen LogP contribution < -0.4 is 4.74 Å². The first kappa shape index (κ1) is 24.9. The van der Waals surface area contributed by atoms with Crippen LogP contribution in [0.3, 0.4) is 0 Å².